The Kier molecular flexibility index (Phi) is 4.56. The molecule has 1 aromatic heterocycles. The standard InChI is InChI=1S/C11H12F3NO3S/c1-5-6(2)19-9(8(5)10(17)18)15-7(16)3-4-11(12,13)14/h3-4H2,1-2H3,(H,15,16)(H,17,18). The van der Waals surface area contributed by atoms with Crippen LogP contribution in [0.2, 0.25) is 0 Å². The molecule has 0 unspecified atom stereocenters. The van der Waals surface area contributed by atoms with E-state index in [-0.39, 0.29) is 10.6 Å². The van der Waals surface area contributed by atoms with Gasteiger partial charge in [-0.1, -0.05) is 0 Å². The second-order valence-corrected chi connectivity index (χ2v) is 5.18. The molecule has 106 valence electrons. The van der Waals surface area contributed by atoms with Gasteiger partial charge in [0.1, 0.15) is 5.00 Å². The third-order valence-electron chi connectivity index (χ3n) is 2.49. The summed E-state index contributed by atoms with van der Waals surface area (Å²) in [5.41, 5.74) is 0.437. The SMILES string of the molecule is Cc1sc(NC(=O)CCC(F)(F)F)c(C(=O)O)c1C. The molecule has 2 N–H and O–H groups in total. The lowest BCUT2D eigenvalue weighted by atomic mass is 10.1. The van der Waals surface area contributed by atoms with Crippen LogP contribution in [0.1, 0.15) is 33.6 Å². The van der Waals surface area contributed by atoms with Crippen molar-refractivity contribution in [3.8, 4) is 0 Å². The van der Waals surface area contributed by atoms with Crippen molar-refractivity contribution in [2.45, 2.75) is 32.9 Å². The molecule has 0 bridgehead atoms. The number of anilines is 1. The van der Waals surface area contributed by atoms with Crippen molar-refractivity contribution in [1.29, 1.82) is 0 Å². The highest BCUT2D eigenvalue weighted by Crippen LogP contribution is 2.32. The summed E-state index contributed by atoms with van der Waals surface area (Å²) in [7, 11) is 0. The number of nitrogens with one attached hydrogen (secondary N) is 1. The zero-order chi connectivity index (χ0) is 14.8. The van der Waals surface area contributed by atoms with Gasteiger partial charge in [-0.25, -0.2) is 4.79 Å². The van der Waals surface area contributed by atoms with Crippen LogP contribution in [-0.2, 0) is 4.79 Å². The summed E-state index contributed by atoms with van der Waals surface area (Å²) in [6.07, 6.45) is -6.36. The lowest BCUT2D eigenvalue weighted by Crippen LogP contribution is -2.17. The third-order valence-corrected chi connectivity index (χ3v) is 3.61. The summed E-state index contributed by atoms with van der Waals surface area (Å²) >= 11 is 1.04. The Balaban J connectivity index is 2.80. The minimum Gasteiger partial charge on any atom is -0.478 e. The zero-order valence-electron chi connectivity index (χ0n) is 10.2. The van der Waals surface area contributed by atoms with E-state index < -0.39 is 30.9 Å². The molecule has 1 amide bonds. The number of carboxylic acids is 1. The summed E-state index contributed by atoms with van der Waals surface area (Å²) < 4.78 is 35.9. The number of thiophene rings is 1. The molecule has 0 aromatic carbocycles. The summed E-state index contributed by atoms with van der Waals surface area (Å²) in [6, 6.07) is 0. The van der Waals surface area contributed by atoms with E-state index >= 15 is 0 Å². The van der Waals surface area contributed by atoms with Gasteiger partial charge in [0.2, 0.25) is 5.91 Å². The van der Waals surface area contributed by atoms with Gasteiger partial charge in [0.25, 0.3) is 0 Å². The van der Waals surface area contributed by atoms with Gasteiger partial charge in [0.05, 0.1) is 12.0 Å². The second-order valence-electron chi connectivity index (χ2n) is 3.96. The molecule has 1 aromatic rings. The van der Waals surface area contributed by atoms with E-state index in [9.17, 15) is 22.8 Å². The number of halogens is 3. The van der Waals surface area contributed by atoms with E-state index in [1.165, 1.54) is 0 Å². The molecule has 0 spiro atoms. The Morgan fingerprint density at radius 1 is 1.32 bits per heavy atom. The van der Waals surface area contributed by atoms with Gasteiger partial charge in [-0.3, -0.25) is 4.79 Å². The first-order chi connectivity index (χ1) is 8.61. The van der Waals surface area contributed by atoms with Crippen molar-refractivity contribution in [3.63, 3.8) is 0 Å². The first-order valence-corrected chi connectivity index (χ1v) is 6.13. The number of aryl methyl sites for hydroxylation is 1. The van der Waals surface area contributed by atoms with E-state index in [1.807, 2.05) is 0 Å². The van der Waals surface area contributed by atoms with E-state index in [2.05, 4.69) is 5.32 Å². The van der Waals surface area contributed by atoms with Gasteiger partial charge < -0.3 is 10.4 Å². The first kappa shape index (κ1) is 15.5. The van der Waals surface area contributed by atoms with Gasteiger partial charge in [-0.05, 0) is 19.4 Å². The number of hydrogen-bond acceptors (Lipinski definition) is 3. The molecule has 4 nitrogen and oxygen atoms in total. The molecule has 1 rings (SSSR count). The first-order valence-electron chi connectivity index (χ1n) is 5.31. The number of carbonyl (C=O) groups excluding carboxylic acids is 1. The van der Waals surface area contributed by atoms with Gasteiger partial charge in [0.15, 0.2) is 0 Å². The van der Waals surface area contributed by atoms with Crippen molar-refractivity contribution >= 4 is 28.2 Å². The lowest BCUT2D eigenvalue weighted by molar-refractivity contribution is -0.142. The maximum Gasteiger partial charge on any atom is 0.389 e. The van der Waals surface area contributed by atoms with Crippen molar-refractivity contribution in [2.75, 3.05) is 5.32 Å². The predicted molar refractivity (Wildman–Crippen MR) is 64.7 cm³/mol. The minimum atomic E-state index is -4.41. The number of carbonyl (C=O) groups is 2. The number of aromatic carboxylic acids is 1. The Morgan fingerprint density at radius 2 is 1.89 bits per heavy atom. The fourth-order valence-corrected chi connectivity index (χ4v) is 2.49. The zero-order valence-corrected chi connectivity index (χ0v) is 11.0. The highest BCUT2D eigenvalue weighted by Gasteiger charge is 2.28. The largest absolute Gasteiger partial charge is 0.478 e. The fourth-order valence-electron chi connectivity index (χ4n) is 1.42. The third kappa shape index (κ3) is 4.23. The van der Waals surface area contributed by atoms with Gasteiger partial charge in [-0.15, -0.1) is 11.3 Å². The quantitative estimate of drug-likeness (QED) is 0.895. The van der Waals surface area contributed by atoms with Crippen molar-refractivity contribution in [3.05, 3.63) is 16.0 Å². The molecule has 0 atom stereocenters. The number of rotatable bonds is 4. The van der Waals surface area contributed by atoms with Crippen LogP contribution in [0, 0.1) is 13.8 Å². The molecular weight excluding hydrogens is 283 g/mol. The van der Waals surface area contributed by atoms with Crippen LogP contribution in [0.4, 0.5) is 18.2 Å². The molecule has 0 aliphatic rings. The number of alkyl halides is 3. The highest BCUT2D eigenvalue weighted by atomic mass is 32.1. The van der Waals surface area contributed by atoms with Crippen LogP contribution in [0.25, 0.3) is 0 Å². The molecule has 1 heterocycles. The van der Waals surface area contributed by atoms with Gasteiger partial charge in [-0.2, -0.15) is 13.2 Å². The topological polar surface area (TPSA) is 66.4 Å². The smallest absolute Gasteiger partial charge is 0.389 e. The van der Waals surface area contributed by atoms with Crippen LogP contribution in [0.3, 0.4) is 0 Å². The summed E-state index contributed by atoms with van der Waals surface area (Å²) in [5, 5.41) is 11.3. The van der Waals surface area contributed by atoms with Gasteiger partial charge in [0, 0.05) is 11.3 Å². The minimum absolute atomic E-state index is 0.0668. The Labute approximate surface area is 111 Å². The van der Waals surface area contributed by atoms with E-state index in [1.54, 1.807) is 13.8 Å². The fraction of sp³-hybridized carbons (Fsp3) is 0.455. The second kappa shape index (κ2) is 5.60. The molecule has 19 heavy (non-hydrogen) atoms. The van der Waals surface area contributed by atoms with E-state index in [0.29, 0.717) is 10.4 Å². The average Bonchev–Trinajstić information content (AvgIpc) is 2.50. The average molecular weight is 295 g/mol. The summed E-state index contributed by atoms with van der Waals surface area (Å²) in [6.45, 7) is 3.26. The molecule has 0 fully saturated rings. The van der Waals surface area contributed by atoms with Crippen molar-refractivity contribution < 1.29 is 27.9 Å². The van der Waals surface area contributed by atoms with Crippen LogP contribution in [0.5, 0.6) is 0 Å². The number of amides is 1. The molecule has 0 radical (unpaired) electrons. The Bertz CT molecular complexity index is 508. The van der Waals surface area contributed by atoms with Crippen molar-refractivity contribution in [2.24, 2.45) is 0 Å². The van der Waals surface area contributed by atoms with Gasteiger partial charge >= 0.3 is 12.1 Å². The highest BCUT2D eigenvalue weighted by molar-refractivity contribution is 7.16. The summed E-state index contributed by atoms with van der Waals surface area (Å²) in [5.74, 6) is -2.06. The Morgan fingerprint density at radius 3 is 2.37 bits per heavy atom. The van der Waals surface area contributed by atoms with Crippen LogP contribution in [0.15, 0.2) is 0 Å². The normalized spacial score (nSPS) is 11.4. The van der Waals surface area contributed by atoms with Crippen molar-refractivity contribution in [1.82, 2.24) is 0 Å². The molecule has 0 saturated carbocycles. The molecule has 0 aliphatic carbocycles. The maximum absolute atomic E-state index is 12.0. The molecule has 0 aliphatic heterocycles. The number of hydrogen-bond donors (Lipinski definition) is 2. The molecule has 8 heteroatoms. The van der Waals surface area contributed by atoms with Crippen LogP contribution < -0.4 is 5.32 Å². The number of carboxylic acid groups (broad SMARTS) is 1. The maximum atomic E-state index is 12.0. The predicted octanol–water partition coefficient (Wildman–Crippen LogP) is 3.34. The van der Waals surface area contributed by atoms with Crippen LogP contribution >= 0.6 is 11.3 Å². The van der Waals surface area contributed by atoms with Crippen LogP contribution in [-0.4, -0.2) is 23.2 Å². The van der Waals surface area contributed by atoms with E-state index in [4.69, 9.17) is 5.11 Å². The lowest BCUT2D eigenvalue weighted by Gasteiger charge is -2.07. The monoisotopic (exact) mass is 295 g/mol. The molecular formula is C11H12F3NO3S. The molecule has 0 saturated heterocycles. The Hall–Kier alpha value is -1.57. The summed E-state index contributed by atoms with van der Waals surface area (Å²) in [4.78, 5) is 23.1. The van der Waals surface area contributed by atoms with E-state index in [0.717, 1.165) is 11.3 Å².